The van der Waals surface area contributed by atoms with Crippen molar-refractivity contribution >= 4 is 23.2 Å². The first-order valence-electron chi connectivity index (χ1n) is 8.31. The Balaban J connectivity index is 1.77. The van der Waals surface area contributed by atoms with Crippen molar-refractivity contribution in [1.29, 1.82) is 5.26 Å². The normalized spacial score (nSPS) is 17.4. The monoisotopic (exact) mass is 349 g/mol. The van der Waals surface area contributed by atoms with Gasteiger partial charge in [-0.1, -0.05) is 6.07 Å². The fourth-order valence-corrected chi connectivity index (χ4v) is 3.29. The number of thiophene rings is 1. The van der Waals surface area contributed by atoms with E-state index >= 15 is 0 Å². The Labute approximate surface area is 146 Å². The van der Waals surface area contributed by atoms with Gasteiger partial charge in [0.2, 0.25) is 0 Å². The molecule has 7 heteroatoms. The number of nitrogens with zero attached hydrogens (tertiary/aromatic N) is 1. The highest BCUT2D eigenvalue weighted by Crippen LogP contribution is 2.39. The quantitative estimate of drug-likeness (QED) is 0.590. The van der Waals surface area contributed by atoms with E-state index in [1.54, 1.807) is 18.3 Å². The van der Waals surface area contributed by atoms with Gasteiger partial charge in [0, 0.05) is 4.88 Å². The number of rotatable bonds is 9. The maximum atomic E-state index is 12.2. The minimum Gasteiger partial charge on any atom is -0.346 e. The first-order valence-corrected chi connectivity index (χ1v) is 9.19. The van der Waals surface area contributed by atoms with E-state index in [0.717, 1.165) is 22.6 Å². The smallest absolute Gasteiger partial charge is 0.276 e. The van der Waals surface area contributed by atoms with Gasteiger partial charge in [0.05, 0.1) is 19.2 Å². The van der Waals surface area contributed by atoms with Crippen LogP contribution in [0.2, 0.25) is 0 Å². The van der Waals surface area contributed by atoms with Gasteiger partial charge in [0.15, 0.2) is 13.1 Å². The van der Waals surface area contributed by atoms with Gasteiger partial charge in [-0.25, -0.2) is 0 Å². The molecule has 1 aromatic rings. The fraction of sp³-hybridized carbons (Fsp3) is 0.588. The van der Waals surface area contributed by atoms with E-state index < -0.39 is 5.54 Å². The summed E-state index contributed by atoms with van der Waals surface area (Å²) in [6, 6.07) is 6.15. The molecule has 2 atom stereocenters. The van der Waals surface area contributed by atoms with Crippen molar-refractivity contribution in [1.82, 2.24) is 10.6 Å². The highest BCUT2D eigenvalue weighted by Gasteiger charge is 2.43. The predicted molar refractivity (Wildman–Crippen MR) is 92.3 cm³/mol. The van der Waals surface area contributed by atoms with Crippen LogP contribution in [-0.4, -0.2) is 37.0 Å². The number of quaternary nitrogens is 1. The summed E-state index contributed by atoms with van der Waals surface area (Å²) in [6.45, 7) is 5.37. The summed E-state index contributed by atoms with van der Waals surface area (Å²) >= 11 is 1.60. The summed E-state index contributed by atoms with van der Waals surface area (Å²) in [5, 5.41) is 17.0. The zero-order chi connectivity index (χ0) is 17.6. The fourth-order valence-electron chi connectivity index (χ4n) is 2.64. The number of carbonyl (C=O) groups excluding carboxylic acids is 2. The van der Waals surface area contributed by atoms with E-state index in [1.165, 1.54) is 0 Å². The molecule has 1 saturated carbocycles. The number of nitrogens with one attached hydrogen (secondary N) is 3. The van der Waals surface area contributed by atoms with Crippen LogP contribution in [0.1, 0.15) is 31.6 Å². The molecular formula is C17H25N4O2S+. The maximum absolute atomic E-state index is 12.2. The molecule has 1 fully saturated rings. The molecule has 24 heavy (non-hydrogen) atoms. The number of carbonyl (C=O) groups is 2. The molecule has 3 N–H and O–H groups in total. The van der Waals surface area contributed by atoms with E-state index in [2.05, 4.69) is 16.7 Å². The lowest BCUT2D eigenvalue weighted by Gasteiger charge is -2.24. The molecule has 1 aliphatic rings. The molecular weight excluding hydrogens is 324 g/mol. The highest BCUT2D eigenvalue weighted by molar-refractivity contribution is 7.09. The van der Waals surface area contributed by atoms with E-state index in [-0.39, 0.29) is 30.8 Å². The number of hydrogen-bond acceptors (Lipinski definition) is 4. The minimum absolute atomic E-state index is 0.0710. The van der Waals surface area contributed by atoms with Gasteiger partial charge in [-0.3, -0.25) is 9.59 Å². The number of nitriles is 1. The molecule has 0 spiro atoms. The summed E-state index contributed by atoms with van der Waals surface area (Å²) in [7, 11) is 0. The Hall–Kier alpha value is -1.91. The van der Waals surface area contributed by atoms with Gasteiger partial charge < -0.3 is 15.5 Å². The molecule has 0 saturated heterocycles. The Morgan fingerprint density at radius 1 is 1.42 bits per heavy atom. The molecule has 6 nitrogen and oxygen atoms in total. The largest absolute Gasteiger partial charge is 0.346 e. The van der Waals surface area contributed by atoms with Gasteiger partial charge in [-0.05, 0) is 44.1 Å². The van der Waals surface area contributed by atoms with Crippen molar-refractivity contribution in [3.63, 3.8) is 0 Å². The van der Waals surface area contributed by atoms with Crippen LogP contribution in [0, 0.1) is 17.2 Å². The SMILES string of the molecule is CC[NH+](CC(=O)NCc1cccs1)CC(=O)N[C@](C)(C#N)C1CC1. The van der Waals surface area contributed by atoms with Crippen molar-refractivity contribution in [2.24, 2.45) is 5.92 Å². The van der Waals surface area contributed by atoms with Crippen LogP contribution >= 0.6 is 11.3 Å². The second-order valence-electron chi connectivity index (χ2n) is 6.45. The van der Waals surface area contributed by atoms with Crippen LogP contribution in [0.25, 0.3) is 0 Å². The molecule has 2 rings (SSSR count). The lowest BCUT2D eigenvalue weighted by atomic mass is 9.98. The molecule has 0 bridgehead atoms. The molecule has 130 valence electrons. The number of likely N-dealkylation sites (N-methyl/N-ethyl adjacent to an activating group) is 1. The first-order chi connectivity index (χ1) is 11.5. The van der Waals surface area contributed by atoms with Crippen LogP contribution < -0.4 is 15.5 Å². The van der Waals surface area contributed by atoms with Gasteiger partial charge in [0.1, 0.15) is 5.54 Å². The molecule has 0 radical (unpaired) electrons. The molecule has 0 aliphatic heterocycles. The zero-order valence-corrected chi connectivity index (χ0v) is 15.0. The van der Waals surface area contributed by atoms with E-state index in [9.17, 15) is 14.9 Å². The lowest BCUT2D eigenvalue weighted by molar-refractivity contribution is -0.881. The first kappa shape index (κ1) is 18.4. The Morgan fingerprint density at radius 3 is 2.67 bits per heavy atom. The van der Waals surface area contributed by atoms with Crippen LogP contribution in [0.5, 0.6) is 0 Å². The molecule has 1 aromatic heterocycles. The lowest BCUT2D eigenvalue weighted by Crippen LogP contribution is -3.14. The molecule has 1 heterocycles. The van der Waals surface area contributed by atoms with Gasteiger partial charge >= 0.3 is 0 Å². The maximum Gasteiger partial charge on any atom is 0.276 e. The van der Waals surface area contributed by atoms with Crippen molar-refractivity contribution in [3.05, 3.63) is 22.4 Å². The summed E-state index contributed by atoms with van der Waals surface area (Å²) in [5.41, 5.74) is -0.780. The second-order valence-corrected chi connectivity index (χ2v) is 7.48. The van der Waals surface area contributed by atoms with Crippen molar-refractivity contribution in [2.75, 3.05) is 19.6 Å². The Morgan fingerprint density at radius 2 is 2.12 bits per heavy atom. The summed E-state index contributed by atoms with van der Waals surface area (Å²) in [4.78, 5) is 26.3. The molecule has 2 amide bonds. The zero-order valence-electron chi connectivity index (χ0n) is 14.2. The van der Waals surface area contributed by atoms with Crippen molar-refractivity contribution in [3.8, 4) is 6.07 Å². The minimum atomic E-state index is -0.780. The van der Waals surface area contributed by atoms with E-state index in [4.69, 9.17) is 0 Å². The molecule has 0 aromatic carbocycles. The van der Waals surface area contributed by atoms with Crippen LogP contribution in [0.4, 0.5) is 0 Å². The number of hydrogen-bond donors (Lipinski definition) is 3. The average Bonchev–Trinajstić information content (AvgIpc) is 3.29. The second kappa shape index (κ2) is 8.27. The highest BCUT2D eigenvalue weighted by atomic mass is 32.1. The average molecular weight is 349 g/mol. The van der Waals surface area contributed by atoms with Crippen molar-refractivity contribution in [2.45, 2.75) is 38.8 Å². The summed E-state index contributed by atoms with van der Waals surface area (Å²) < 4.78 is 0. The summed E-state index contributed by atoms with van der Waals surface area (Å²) in [6.07, 6.45) is 1.97. The van der Waals surface area contributed by atoms with Gasteiger partial charge in [-0.2, -0.15) is 5.26 Å². The van der Waals surface area contributed by atoms with Crippen LogP contribution in [-0.2, 0) is 16.1 Å². The van der Waals surface area contributed by atoms with Crippen LogP contribution in [0.3, 0.4) is 0 Å². The van der Waals surface area contributed by atoms with E-state index in [1.807, 2.05) is 24.4 Å². The topological polar surface area (TPSA) is 86.4 Å². The predicted octanol–water partition coefficient (Wildman–Crippen LogP) is 0.0776. The van der Waals surface area contributed by atoms with Crippen molar-refractivity contribution < 1.29 is 14.5 Å². The number of amides is 2. The third kappa shape index (κ3) is 5.32. The third-order valence-electron chi connectivity index (χ3n) is 4.39. The third-order valence-corrected chi connectivity index (χ3v) is 5.26. The molecule has 1 unspecified atom stereocenters. The van der Waals surface area contributed by atoms with Crippen LogP contribution in [0.15, 0.2) is 17.5 Å². The van der Waals surface area contributed by atoms with Gasteiger partial charge in [-0.15, -0.1) is 11.3 Å². The van der Waals surface area contributed by atoms with Gasteiger partial charge in [0.25, 0.3) is 11.8 Å². The van der Waals surface area contributed by atoms with E-state index in [0.29, 0.717) is 13.1 Å². The molecule has 1 aliphatic carbocycles. The summed E-state index contributed by atoms with van der Waals surface area (Å²) in [5.74, 6) is 0.0118. The standard InChI is InChI=1S/C17H24N4O2S/c1-3-21(10-15(22)19-9-14-5-4-8-24-14)11-16(23)20-17(2,12-18)13-6-7-13/h4-5,8,13H,3,6-7,9-11H2,1-2H3,(H,19,22)(H,20,23)/p+1/t17-/m1/s1. The Kier molecular flexibility index (Phi) is 6.35. The Bertz CT molecular complexity index is 607.